The first-order chi connectivity index (χ1) is 13.1. The van der Waals surface area contributed by atoms with Crippen molar-refractivity contribution in [3.05, 3.63) is 42.4 Å². The van der Waals surface area contributed by atoms with Crippen LogP contribution in [0.25, 0.3) is 10.2 Å². The molecule has 2 aromatic heterocycles. The summed E-state index contributed by atoms with van der Waals surface area (Å²) in [7, 11) is 0. The van der Waals surface area contributed by atoms with E-state index in [0.717, 1.165) is 16.0 Å². The van der Waals surface area contributed by atoms with Gasteiger partial charge in [0.1, 0.15) is 11.5 Å². The lowest BCUT2D eigenvalue weighted by atomic mass is 10.1. The second-order valence-electron chi connectivity index (χ2n) is 6.33. The first-order valence-corrected chi connectivity index (χ1v) is 9.58. The van der Waals surface area contributed by atoms with Gasteiger partial charge in [0.05, 0.1) is 35.5 Å². The number of nitrogens with one attached hydrogen (secondary N) is 1. The van der Waals surface area contributed by atoms with Crippen molar-refractivity contribution in [2.45, 2.75) is 19.9 Å². The van der Waals surface area contributed by atoms with E-state index < -0.39 is 5.92 Å². The highest BCUT2D eigenvalue weighted by atomic mass is 32.1. The van der Waals surface area contributed by atoms with E-state index in [2.05, 4.69) is 10.3 Å². The number of carbonyl (C=O) groups excluding carboxylic acids is 2. The molecule has 1 fully saturated rings. The lowest BCUT2D eigenvalue weighted by molar-refractivity contribution is -0.128. The molecule has 3 heterocycles. The largest absolute Gasteiger partial charge is 0.494 e. The van der Waals surface area contributed by atoms with E-state index in [0.29, 0.717) is 30.6 Å². The van der Waals surface area contributed by atoms with E-state index in [1.54, 1.807) is 17.2 Å². The van der Waals surface area contributed by atoms with Crippen LogP contribution in [0.5, 0.6) is 5.75 Å². The zero-order valence-corrected chi connectivity index (χ0v) is 15.6. The molecule has 1 aliphatic rings. The van der Waals surface area contributed by atoms with Crippen molar-refractivity contribution in [1.29, 1.82) is 0 Å². The van der Waals surface area contributed by atoms with Gasteiger partial charge in [0.15, 0.2) is 5.13 Å². The van der Waals surface area contributed by atoms with Crippen LogP contribution < -0.4 is 10.1 Å². The molecule has 0 unspecified atom stereocenters. The molecule has 1 aliphatic heterocycles. The highest BCUT2D eigenvalue weighted by molar-refractivity contribution is 7.22. The molecule has 8 heteroatoms. The van der Waals surface area contributed by atoms with Gasteiger partial charge < -0.3 is 19.4 Å². The molecular formula is C19H19N3O4S. The third-order valence-corrected chi connectivity index (χ3v) is 5.35. The predicted molar refractivity (Wildman–Crippen MR) is 102 cm³/mol. The molecule has 2 amide bonds. The molecule has 0 saturated carbocycles. The van der Waals surface area contributed by atoms with Crippen molar-refractivity contribution in [3.8, 4) is 5.75 Å². The summed E-state index contributed by atoms with van der Waals surface area (Å²) in [4.78, 5) is 30.9. The van der Waals surface area contributed by atoms with Gasteiger partial charge in [0.25, 0.3) is 0 Å². The third-order valence-electron chi connectivity index (χ3n) is 4.41. The number of benzene rings is 1. The second-order valence-corrected chi connectivity index (χ2v) is 7.36. The highest BCUT2D eigenvalue weighted by Crippen LogP contribution is 2.30. The first-order valence-electron chi connectivity index (χ1n) is 8.77. The average Bonchev–Trinajstić information content (AvgIpc) is 3.36. The minimum absolute atomic E-state index is 0.0443. The first kappa shape index (κ1) is 17.5. The molecule has 3 aromatic rings. The molecule has 0 spiro atoms. The number of fused-ring (bicyclic) bond motifs is 1. The Labute approximate surface area is 159 Å². The lowest BCUT2D eigenvalue weighted by Crippen LogP contribution is -2.27. The van der Waals surface area contributed by atoms with Crippen LogP contribution in [0.4, 0.5) is 5.13 Å². The molecule has 1 atom stereocenters. The van der Waals surface area contributed by atoms with Gasteiger partial charge in [0.2, 0.25) is 11.8 Å². The summed E-state index contributed by atoms with van der Waals surface area (Å²) in [5, 5.41) is 3.38. The summed E-state index contributed by atoms with van der Waals surface area (Å²) in [6.07, 6.45) is 1.77. The summed E-state index contributed by atoms with van der Waals surface area (Å²) in [5.74, 6) is 0.868. The average molecular weight is 385 g/mol. The zero-order valence-electron chi connectivity index (χ0n) is 14.8. The van der Waals surface area contributed by atoms with Crippen LogP contribution in [0, 0.1) is 5.92 Å². The van der Waals surface area contributed by atoms with Crippen LogP contribution in [0.1, 0.15) is 19.1 Å². The maximum Gasteiger partial charge on any atom is 0.231 e. The summed E-state index contributed by atoms with van der Waals surface area (Å²) in [5.41, 5.74) is 0.806. The van der Waals surface area contributed by atoms with Gasteiger partial charge in [-0.15, -0.1) is 0 Å². The normalized spacial score (nSPS) is 16.9. The standard InChI is InChI=1S/C19H19N3O4S/c1-2-25-13-5-6-15-16(9-13)27-19(20-15)21-18(24)12-8-17(23)22(10-12)11-14-4-3-7-26-14/h3-7,9,12H,2,8,10-11H2,1H3,(H,20,21,24)/t12-/m0/s1. The Kier molecular flexibility index (Phi) is 4.81. The molecule has 4 rings (SSSR count). The van der Waals surface area contributed by atoms with E-state index in [-0.39, 0.29) is 18.2 Å². The van der Waals surface area contributed by atoms with Gasteiger partial charge >= 0.3 is 0 Å². The summed E-state index contributed by atoms with van der Waals surface area (Å²) in [6, 6.07) is 9.24. The van der Waals surface area contributed by atoms with Gasteiger partial charge in [-0.25, -0.2) is 4.98 Å². The van der Waals surface area contributed by atoms with Gasteiger partial charge in [0, 0.05) is 13.0 Å². The number of hydrogen-bond donors (Lipinski definition) is 1. The van der Waals surface area contributed by atoms with Gasteiger partial charge in [-0.3, -0.25) is 9.59 Å². The molecular weight excluding hydrogens is 366 g/mol. The number of likely N-dealkylation sites (tertiary alicyclic amines) is 1. The van der Waals surface area contributed by atoms with Gasteiger partial charge in [-0.2, -0.15) is 0 Å². The van der Waals surface area contributed by atoms with Crippen molar-refractivity contribution in [3.63, 3.8) is 0 Å². The fraction of sp³-hybridized carbons (Fsp3) is 0.316. The number of anilines is 1. The van der Waals surface area contributed by atoms with Gasteiger partial charge in [-0.1, -0.05) is 11.3 Å². The number of aromatic nitrogens is 1. The molecule has 1 saturated heterocycles. The second kappa shape index (κ2) is 7.40. The molecule has 7 nitrogen and oxygen atoms in total. The minimum atomic E-state index is -0.390. The number of thiazole rings is 1. The topological polar surface area (TPSA) is 84.7 Å². The molecule has 0 aliphatic carbocycles. The number of ether oxygens (including phenoxy) is 1. The van der Waals surface area contributed by atoms with Crippen LogP contribution in [0.2, 0.25) is 0 Å². The van der Waals surface area contributed by atoms with Crippen LogP contribution in [-0.4, -0.2) is 34.8 Å². The van der Waals surface area contributed by atoms with E-state index in [1.165, 1.54) is 11.3 Å². The van der Waals surface area contributed by atoms with Crippen molar-refractivity contribution >= 4 is 38.5 Å². The molecule has 1 N–H and O–H groups in total. The lowest BCUT2D eigenvalue weighted by Gasteiger charge is -2.14. The van der Waals surface area contributed by atoms with E-state index in [9.17, 15) is 9.59 Å². The molecule has 140 valence electrons. The number of amides is 2. The summed E-state index contributed by atoms with van der Waals surface area (Å²) >= 11 is 1.39. The Morgan fingerprint density at radius 3 is 3.11 bits per heavy atom. The third kappa shape index (κ3) is 3.80. The highest BCUT2D eigenvalue weighted by Gasteiger charge is 2.35. The summed E-state index contributed by atoms with van der Waals surface area (Å²) in [6.45, 7) is 3.29. The monoisotopic (exact) mass is 385 g/mol. The SMILES string of the molecule is CCOc1ccc2nc(NC(=O)[C@H]3CC(=O)N(Cc4ccco4)C3)sc2c1. The quantitative estimate of drug-likeness (QED) is 0.704. The zero-order chi connectivity index (χ0) is 18.8. The Morgan fingerprint density at radius 2 is 2.33 bits per heavy atom. The van der Waals surface area contributed by atoms with Crippen molar-refractivity contribution < 1.29 is 18.7 Å². The predicted octanol–water partition coefficient (Wildman–Crippen LogP) is 3.28. The molecule has 1 aromatic carbocycles. The maximum atomic E-state index is 12.6. The smallest absolute Gasteiger partial charge is 0.231 e. The van der Waals surface area contributed by atoms with E-state index in [4.69, 9.17) is 9.15 Å². The Morgan fingerprint density at radius 1 is 1.44 bits per heavy atom. The van der Waals surface area contributed by atoms with Crippen LogP contribution in [0.15, 0.2) is 41.0 Å². The van der Waals surface area contributed by atoms with Crippen LogP contribution in [0.3, 0.4) is 0 Å². The Hall–Kier alpha value is -2.87. The number of hydrogen-bond acceptors (Lipinski definition) is 6. The molecule has 27 heavy (non-hydrogen) atoms. The maximum absolute atomic E-state index is 12.6. The number of rotatable bonds is 6. The fourth-order valence-electron chi connectivity index (χ4n) is 3.11. The number of furan rings is 1. The molecule has 0 radical (unpaired) electrons. The van der Waals surface area contributed by atoms with E-state index in [1.807, 2.05) is 31.2 Å². The summed E-state index contributed by atoms with van der Waals surface area (Å²) < 4.78 is 11.7. The van der Waals surface area contributed by atoms with Crippen molar-refractivity contribution in [2.24, 2.45) is 5.92 Å². The number of carbonyl (C=O) groups is 2. The van der Waals surface area contributed by atoms with Crippen LogP contribution >= 0.6 is 11.3 Å². The van der Waals surface area contributed by atoms with Crippen LogP contribution in [-0.2, 0) is 16.1 Å². The molecule has 0 bridgehead atoms. The Balaban J connectivity index is 1.41. The van der Waals surface area contributed by atoms with Crippen molar-refractivity contribution in [2.75, 3.05) is 18.5 Å². The van der Waals surface area contributed by atoms with E-state index >= 15 is 0 Å². The minimum Gasteiger partial charge on any atom is -0.494 e. The van der Waals surface area contributed by atoms with Crippen molar-refractivity contribution in [1.82, 2.24) is 9.88 Å². The Bertz CT molecular complexity index is 967. The number of nitrogens with zero attached hydrogens (tertiary/aromatic N) is 2. The fourth-order valence-corrected chi connectivity index (χ4v) is 4.01. The van der Waals surface area contributed by atoms with Gasteiger partial charge in [-0.05, 0) is 37.3 Å².